The van der Waals surface area contributed by atoms with Gasteiger partial charge in [-0.1, -0.05) is 66.5 Å². The Bertz CT molecular complexity index is 2530. The zero-order valence-corrected chi connectivity index (χ0v) is 39.0. The molecule has 15 nitrogen and oxygen atoms in total. The summed E-state index contributed by atoms with van der Waals surface area (Å²) in [6, 6.07) is 13.8. The molecule has 5 atom stereocenters. The van der Waals surface area contributed by atoms with Crippen LogP contribution >= 0.6 is 34.5 Å². The van der Waals surface area contributed by atoms with Crippen LogP contribution in [0.2, 0.25) is 10.0 Å². The number of benzene rings is 2. The number of amides is 4. The minimum atomic E-state index is -0.967. The average Bonchev–Trinajstić information content (AvgIpc) is 4.01. The van der Waals surface area contributed by atoms with Crippen molar-refractivity contribution in [1.29, 1.82) is 0 Å². The van der Waals surface area contributed by atoms with Crippen LogP contribution in [0, 0.1) is 33.6 Å². The summed E-state index contributed by atoms with van der Waals surface area (Å²) in [4.78, 5) is 62.5. The predicted molar refractivity (Wildman–Crippen MR) is 245 cm³/mol. The van der Waals surface area contributed by atoms with E-state index in [1.807, 2.05) is 49.6 Å². The molecule has 0 bridgehead atoms. The summed E-state index contributed by atoms with van der Waals surface area (Å²) in [6.45, 7) is 12.3. The molecular weight excluding hydrogens is 878 g/mol. The van der Waals surface area contributed by atoms with Crippen LogP contribution in [0.1, 0.15) is 114 Å². The van der Waals surface area contributed by atoms with Crippen LogP contribution in [0.15, 0.2) is 64.1 Å². The van der Waals surface area contributed by atoms with Crippen molar-refractivity contribution in [1.82, 2.24) is 40.8 Å². The maximum absolute atomic E-state index is 14.0. The number of hydrogen-bond donors (Lipinski definition) is 4. The lowest BCUT2D eigenvalue weighted by Gasteiger charge is -2.30. The van der Waals surface area contributed by atoms with Gasteiger partial charge in [-0.15, -0.1) is 21.5 Å². The van der Waals surface area contributed by atoms with Gasteiger partial charge in [0, 0.05) is 58.2 Å². The molecule has 2 aliphatic heterocycles. The van der Waals surface area contributed by atoms with Crippen molar-refractivity contribution in [3.8, 4) is 5.00 Å². The van der Waals surface area contributed by atoms with E-state index in [9.17, 15) is 24.3 Å². The molecule has 4 N–H and O–H groups in total. The van der Waals surface area contributed by atoms with Gasteiger partial charge in [-0.2, -0.15) is 0 Å². The number of aliphatic hydroxyl groups excluding tert-OH is 1. The molecule has 5 aromatic rings. The van der Waals surface area contributed by atoms with E-state index >= 15 is 0 Å². The van der Waals surface area contributed by atoms with Gasteiger partial charge in [0.1, 0.15) is 34.6 Å². The predicted octanol–water partition coefficient (Wildman–Crippen LogP) is 6.80. The molecule has 2 aliphatic rings. The Labute approximate surface area is 386 Å². The van der Waals surface area contributed by atoms with Crippen LogP contribution in [0.5, 0.6) is 0 Å². The van der Waals surface area contributed by atoms with E-state index in [0.29, 0.717) is 64.6 Å². The first-order chi connectivity index (χ1) is 30.6. The van der Waals surface area contributed by atoms with Crippen molar-refractivity contribution in [2.75, 3.05) is 19.6 Å². The number of carbonyl (C=O) groups excluding carboxylic acids is 4. The van der Waals surface area contributed by atoms with Crippen LogP contribution in [-0.4, -0.2) is 91.0 Å². The lowest BCUT2D eigenvalue weighted by atomic mass is 9.91. The number of halogens is 2. The Balaban J connectivity index is 0.941. The normalized spacial score (nSPS) is 17.9. The molecule has 7 rings (SSSR count). The van der Waals surface area contributed by atoms with E-state index in [0.717, 1.165) is 32.3 Å². The Morgan fingerprint density at radius 1 is 0.922 bits per heavy atom. The van der Waals surface area contributed by atoms with Crippen molar-refractivity contribution < 1.29 is 28.8 Å². The largest absolute Gasteiger partial charge is 0.391 e. The zero-order valence-electron chi connectivity index (χ0n) is 36.7. The van der Waals surface area contributed by atoms with Crippen molar-refractivity contribution in [3.63, 3.8) is 0 Å². The number of fused-ring (bicyclic) bond motifs is 3. The molecular formula is C46H53Cl2N9O6S. The van der Waals surface area contributed by atoms with Gasteiger partial charge < -0.3 is 30.5 Å². The molecule has 0 aliphatic carbocycles. The molecule has 4 amide bonds. The second kappa shape index (κ2) is 20.2. The van der Waals surface area contributed by atoms with Crippen molar-refractivity contribution in [2.45, 2.75) is 104 Å². The second-order valence-corrected chi connectivity index (χ2v) is 18.9. The standard InChI is InChI=1S/C46H53Cl2N9O6S/c1-24(2)40(37-19-25(3)55-63-37)45(62)56-23-33(58)20-36(56)44(61)52-34(29-9-13-31(47)14-10-29)21-38(59)49-17-7-8-18-50-39(60)22-35-43-54-53-28(6)57(43)46-41(26(4)27(5)64-46)42(51-35)30-11-15-32(48)16-12-30/h9-16,19,24,33-36,40,58H,7-8,17-18,20-23H2,1-6H3,(H,49,59)(H,50,60)(H,52,61)/t33-,34+,35+,36+,40-/m1/s1. The topological polar surface area (TPSA) is 197 Å². The summed E-state index contributed by atoms with van der Waals surface area (Å²) in [5.41, 5.74) is 5.04. The van der Waals surface area contributed by atoms with E-state index in [1.165, 1.54) is 4.90 Å². The van der Waals surface area contributed by atoms with Gasteiger partial charge in [0.05, 0.1) is 36.4 Å². The maximum atomic E-state index is 14.0. The number of aromatic nitrogens is 4. The number of β-amino-alcohol motifs (C(OH)–C–C–N with tert-alkyl or cyclic N) is 1. The van der Waals surface area contributed by atoms with E-state index in [-0.39, 0.29) is 49.4 Å². The molecule has 1 fully saturated rings. The smallest absolute Gasteiger partial charge is 0.243 e. The number of rotatable bonds is 16. The molecule has 3 aromatic heterocycles. The molecule has 2 aromatic carbocycles. The Hall–Kier alpha value is -5.42. The fourth-order valence-corrected chi connectivity index (χ4v) is 9.77. The third-order valence-corrected chi connectivity index (χ3v) is 13.4. The van der Waals surface area contributed by atoms with Crippen molar-refractivity contribution >= 4 is 63.9 Å². The lowest BCUT2D eigenvalue weighted by molar-refractivity contribution is -0.141. The van der Waals surface area contributed by atoms with Gasteiger partial charge in [-0.3, -0.25) is 28.7 Å². The fourth-order valence-electron chi connectivity index (χ4n) is 8.31. The van der Waals surface area contributed by atoms with Gasteiger partial charge in [0.25, 0.3) is 0 Å². The lowest BCUT2D eigenvalue weighted by Crippen LogP contribution is -2.49. The van der Waals surface area contributed by atoms with Crippen LogP contribution < -0.4 is 16.0 Å². The van der Waals surface area contributed by atoms with Crippen molar-refractivity contribution in [3.05, 3.63) is 115 Å². The Kier molecular flexibility index (Phi) is 14.7. The number of aryl methyl sites for hydroxylation is 3. The summed E-state index contributed by atoms with van der Waals surface area (Å²) in [6.07, 6.45) is 0.285. The quantitative estimate of drug-likeness (QED) is 0.0770. The number of aliphatic imine (C=N–C) groups is 1. The van der Waals surface area contributed by atoms with E-state index in [4.69, 9.17) is 32.7 Å². The van der Waals surface area contributed by atoms with E-state index in [2.05, 4.69) is 45.2 Å². The third kappa shape index (κ3) is 10.4. The minimum Gasteiger partial charge on any atom is -0.391 e. The van der Waals surface area contributed by atoms with Gasteiger partial charge in [-0.25, -0.2) is 0 Å². The number of unbranched alkanes of at least 4 members (excludes halogenated alkanes) is 1. The number of likely N-dealkylation sites (tertiary alicyclic amines) is 1. The number of nitrogens with one attached hydrogen (secondary N) is 3. The van der Waals surface area contributed by atoms with Gasteiger partial charge >= 0.3 is 0 Å². The van der Waals surface area contributed by atoms with Crippen molar-refractivity contribution in [2.24, 2.45) is 10.9 Å². The molecule has 64 heavy (non-hydrogen) atoms. The Morgan fingerprint density at radius 3 is 2.22 bits per heavy atom. The summed E-state index contributed by atoms with van der Waals surface area (Å²) in [7, 11) is 0. The molecule has 5 heterocycles. The van der Waals surface area contributed by atoms with Crippen LogP contribution in [-0.2, 0) is 19.2 Å². The van der Waals surface area contributed by atoms with Crippen LogP contribution in [0.25, 0.3) is 5.00 Å². The molecule has 0 spiro atoms. The molecule has 0 radical (unpaired) electrons. The number of nitrogens with zero attached hydrogens (tertiary/aromatic N) is 6. The van der Waals surface area contributed by atoms with E-state index in [1.54, 1.807) is 48.6 Å². The summed E-state index contributed by atoms with van der Waals surface area (Å²) in [5, 5.41) is 34.5. The molecule has 338 valence electrons. The highest BCUT2D eigenvalue weighted by Crippen LogP contribution is 2.40. The maximum Gasteiger partial charge on any atom is 0.243 e. The number of thiophene rings is 1. The second-order valence-electron chi connectivity index (χ2n) is 16.8. The zero-order chi connectivity index (χ0) is 45.8. The third-order valence-electron chi connectivity index (χ3n) is 11.7. The first kappa shape index (κ1) is 46.6. The highest BCUT2D eigenvalue weighted by atomic mass is 35.5. The number of aliphatic hydroxyl groups is 1. The average molecular weight is 931 g/mol. The molecule has 18 heteroatoms. The van der Waals surface area contributed by atoms with Gasteiger partial charge in [0.2, 0.25) is 23.6 Å². The van der Waals surface area contributed by atoms with Crippen LogP contribution in [0.4, 0.5) is 0 Å². The number of carbonyl (C=O) groups is 4. The van der Waals surface area contributed by atoms with Crippen LogP contribution in [0.3, 0.4) is 0 Å². The first-order valence-electron chi connectivity index (χ1n) is 21.5. The molecule has 0 unspecified atom stereocenters. The van der Waals surface area contributed by atoms with Gasteiger partial charge in [-0.05, 0) is 81.8 Å². The fraction of sp³-hybridized carbons (Fsp3) is 0.435. The monoisotopic (exact) mass is 929 g/mol. The molecule has 1 saturated heterocycles. The number of hydrogen-bond acceptors (Lipinski definition) is 11. The highest BCUT2D eigenvalue weighted by Gasteiger charge is 2.44. The summed E-state index contributed by atoms with van der Waals surface area (Å²) < 4.78 is 7.47. The SMILES string of the molecule is Cc1cc([C@H](C(=O)N2C[C@H](O)C[C@H]2C(=O)N[C@@H](CC(=O)NCCCCNC(=O)C[C@@H]2N=C(c3ccc(Cl)cc3)c3c(sc(C)c3C)-n3c(C)nnc32)c2ccc(Cl)cc2)C(C)C)on1. The minimum absolute atomic E-state index is 0.0161. The van der Waals surface area contributed by atoms with E-state index < -0.39 is 36.1 Å². The highest BCUT2D eigenvalue weighted by molar-refractivity contribution is 7.15. The Morgan fingerprint density at radius 2 is 1.58 bits per heavy atom. The molecule has 0 saturated carbocycles. The first-order valence-corrected chi connectivity index (χ1v) is 23.0. The van der Waals surface area contributed by atoms with Gasteiger partial charge in [0.15, 0.2) is 5.82 Å². The summed E-state index contributed by atoms with van der Waals surface area (Å²) >= 11 is 14.1. The summed E-state index contributed by atoms with van der Waals surface area (Å²) in [5.74, 6) is -0.492.